The molecule has 2 atom stereocenters. The first-order valence-electron chi connectivity index (χ1n) is 4.10. The molecule has 0 saturated carbocycles. The SMILES string of the molecule is CC(=O)[C@H](Cl)[C@@H](O)c1cccc(F)c1. The maximum atomic E-state index is 12.8. The lowest BCUT2D eigenvalue weighted by Crippen LogP contribution is -2.20. The second kappa shape index (κ2) is 4.53. The first-order valence-corrected chi connectivity index (χ1v) is 4.54. The summed E-state index contributed by atoms with van der Waals surface area (Å²) in [6.45, 7) is 1.28. The zero-order chi connectivity index (χ0) is 10.7. The van der Waals surface area contributed by atoms with E-state index in [0.717, 1.165) is 6.07 Å². The van der Waals surface area contributed by atoms with Gasteiger partial charge in [0, 0.05) is 0 Å². The Hall–Kier alpha value is -0.930. The number of rotatable bonds is 3. The molecular weight excluding hydrogens is 207 g/mol. The van der Waals surface area contributed by atoms with Gasteiger partial charge in [0.2, 0.25) is 0 Å². The summed E-state index contributed by atoms with van der Waals surface area (Å²) in [4.78, 5) is 10.9. The van der Waals surface area contributed by atoms with Crippen molar-refractivity contribution >= 4 is 17.4 Å². The molecule has 0 saturated heterocycles. The van der Waals surface area contributed by atoms with Crippen LogP contribution in [-0.2, 0) is 4.79 Å². The van der Waals surface area contributed by atoms with Gasteiger partial charge in [-0.1, -0.05) is 12.1 Å². The van der Waals surface area contributed by atoms with Crippen molar-refractivity contribution in [2.45, 2.75) is 18.4 Å². The fourth-order valence-electron chi connectivity index (χ4n) is 1.08. The van der Waals surface area contributed by atoms with Gasteiger partial charge in [0.15, 0.2) is 5.78 Å². The number of Topliss-reactive ketones (excluding diaryl/α,β-unsaturated/α-hetero) is 1. The molecule has 76 valence electrons. The summed E-state index contributed by atoms with van der Waals surface area (Å²) in [5, 5.41) is 8.53. The van der Waals surface area contributed by atoms with Crippen molar-refractivity contribution in [3.63, 3.8) is 0 Å². The smallest absolute Gasteiger partial charge is 0.150 e. The van der Waals surface area contributed by atoms with E-state index in [1.165, 1.54) is 25.1 Å². The highest BCUT2D eigenvalue weighted by atomic mass is 35.5. The molecule has 14 heavy (non-hydrogen) atoms. The van der Waals surface area contributed by atoms with Crippen molar-refractivity contribution in [3.8, 4) is 0 Å². The minimum Gasteiger partial charge on any atom is -0.386 e. The molecule has 0 aliphatic carbocycles. The van der Waals surface area contributed by atoms with Gasteiger partial charge in [-0.25, -0.2) is 4.39 Å². The monoisotopic (exact) mass is 216 g/mol. The minimum absolute atomic E-state index is 0.306. The van der Waals surface area contributed by atoms with Gasteiger partial charge in [-0.2, -0.15) is 0 Å². The van der Waals surface area contributed by atoms with Crippen LogP contribution in [0.4, 0.5) is 4.39 Å². The molecule has 0 aromatic heterocycles. The fourth-order valence-corrected chi connectivity index (χ4v) is 1.23. The second-order valence-corrected chi connectivity index (χ2v) is 3.48. The van der Waals surface area contributed by atoms with Gasteiger partial charge in [0.25, 0.3) is 0 Å². The number of aliphatic hydroxyl groups excluding tert-OH is 1. The van der Waals surface area contributed by atoms with E-state index < -0.39 is 17.3 Å². The molecule has 0 aliphatic rings. The summed E-state index contributed by atoms with van der Waals surface area (Å²) >= 11 is 5.63. The Morgan fingerprint density at radius 1 is 1.57 bits per heavy atom. The lowest BCUT2D eigenvalue weighted by atomic mass is 10.0. The number of benzene rings is 1. The molecule has 0 spiro atoms. The summed E-state index contributed by atoms with van der Waals surface area (Å²) in [5.74, 6) is -0.808. The zero-order valence-corrected chi connectivity index (χ0v) is 8.33. The van der Waals surface area contributed by atoms with Crippen LogP contribution in [0.5, 0.6) is 0 Å². The van der Waals surface area contributed by atoms with Crippen molar-refractivity contribution in [1.82, 2.24) is 0 Å². The Morgan fingerprint density at radius 2 is 2.21 bits per heavy atom. The van der Waals surface area contributed by atoms with Crippen LogP contribution in [0.15, 0.2) is 24.3 Å². The second-order valence-electron chi connectivity index (χ2n) is 3.01. The molecule has 0 radical (unpaired) electrons. The van der Waals surface area contributed by atoms with E-state index in [1.54, 1.807) is 0 Å². The molecular formula is C10H10ClFO2. The largest absolute Gasteiger partial charge is 0.386 e. The van der Waals surface area contributed by atoms with E-state index in [4.69, 9.17) is 11.6 Å². The van der Waals surface area contributed by atoms with Crippen LogP contribution >= 0.6 is 11.6 Å². The van der Waals surface area contributed by atoms with E-state index in [9.17, 15) is 14.3 Å². The number of alkyl halides is 1. The maximum Gasteiger partial charge on any atom is 0.150 e. The molecule has 1 rings (SSSR count). The highest BCUT2D eigenvalue weighted by molar-refractivity contribution is 6.31. The lowest BCUT2D eigenvalue weighted by Gasteiger charge is -2.14. The normalized spacial score (nSPS) is 14.9. The quantitative estimate of drug-likeness (QED) is 0.786. The average Bonchev–Trinajstić information content (AvgIpc) is 2.15. The maximum absolute atomic E-state index is 12.8. The number of carbonyl (C=O) groups is 1. The third kappa shape index (κ3) is 2.53. The third-order valence-corrected chi connectivity index (χ3v) is 2.40. The lowest BCUT2D eigenvalue weighted by molar-refractivity contribution is -0.118. The van der Waals surface area contributed by atoms with Crippen molar-refractivity contribution in [2.24, 2.45) is 0 Å². The Balaban J connectivity index is 2.89. The Morgan fingerprint density at radius 3 is 2.71 bits per heavy atom. The van der Waals surface area contributed by atoms with E-state index in [1.807, 2.05) is 0 Å². The summed E-state index contributed by atoms with van der Waals surface area (Å²) in [6, 6.07) is 5.39. The highest BCUT2D eigenvalue weighted by Gasteiger charge is 2.22. The number of hydrogen-bond donors (Lipinski definition) is 1. The first-order chi connectivity index (χ1) is 6.52. The molecule has 0 fully saturated rings. The fraction of sp³-hybridized carbons (Fsp3) is 0.300. The van der Waals surface area contributed by atoms with Crippen molar-refractivity contribution in [3.05, 3.63) is 35.6 Å². The predicted octanol–water partition coefficient (Wildman–Crippen LogP) is 2.06. The molecule has 0 aliphatic heterocycles. The van der Waals surface area contributed by atoms with Gasteiger partial charge in [-0.3, -0.25) is 4.79 Å². The van der Waals surface area contributed by atoms with Gasteiger partial charge in [-0.15, -0.1) is 11.6 Å². The van der Waals surface area contributed by atoms with E-state index >= 15 is 0 Å². The molecule has 0 unspecified atom stereocenters. The Bertz CT molecular complexity index is 341. The number of halogens is 2. The molecule has 1 aromatic carbocycles. The molecule has 1 N–H and O–H groups in total. The predicted molar refractivity (Wildman–Crippen MR) is 51.7 cm³/mol. The van der Waals surface area contributed by atoms with Gasteiger partial charge in [0.1, 0.15) is 17.3 Å². The standard InChI is InChI=1S/C10H10ClFO2/c1-6(13)9(11)10(14)7-3-2-4-8(12)5-7/h2-5,9-10,14H,1H3/t9-,10-/m0/s1. The van der Waals surface area contributed by atoms with Gasteiger partial charge in [-0.05, 0) is 24.6 Å². The van der Waals surface area contributed by atoms with E-state index in [2.05, 4.69) is 0 Å². The van der Waals surface area contributed by atoms with Crippen molar-refractivity contribution in [1.29, 1.82) is 0 Å². The topological polar surface area (TPSA) is 37.3 Å². The Kier molecular flexibility index (Phi) is 3.61. The van der Waals surface area contributed by atoms with E-state index in [0.29, 0.717) is 5.56 Å². The first kappa shape index (κ1) is 11.1. The molecule has 2 nitrogen and oxygen atoms in total. The van der Waals surface area contributed by atoms with Crippen LogP contribution in [0.3, 0.4) is 0 Å². The van der Waals surface area contributed by atoms with Crippen molar-refractivity contribution in [2.75, 3.05) is 0 Å². The zero-order valence-electron chi connectivity index (χ0n) is 7.58. The summed E-state index contributed by atoms with van der Waals surface area (Å²) < 4.78 is 12.8. The number of hydrogen-bond acceptors (Lipinski definition) is 2. The summed E-state index contributed by atoms with van der Waals surface area (Å²) in [5.41, 5.74) is 0.306. The van der Waals surface area contributed by atoms with Gasteiger partial charge >= 0.3 is 0 Å². The van der Waals surface area contributed by atoms with Crippen LogP contribution in [0.25, 0.3) is 0 Å². The minimum atomic E-state index is -1.16. The number of ketones is 1. The van der Waals surface area contributed by atoms with Crippen LogP contribution in [0, 0.1) is 5.82 Å². The van der Waals surface area contributed by atoms with Gasteiger partial charge < -0.3 is 5.11 Å². The highest BCUT2D eigenvalue weighted by Crippen LogP contribution is 2.22. The van der Waals surface area contributed by atoms with Crippen molar-refractivity contribution < 1.29 is 14.3 Å². The Labute approximate surface area is 86.3 Å². The summed E-state index contributed by atoms with van der Waals surface area (Å²) in [6.07, 6.45) is -1.16. The van der Waals surface area contributed by atoms with Crippen LogP contribution in [0.2, 0.25) is 0 Å². The molecule has 4 heteroatoms. The van der Waals surface area contributed by atoms with Gasteiger partial charge in [0.05, 0.1) is 0 Å². The van der Waals surface area contributed by atoms with Crippen LogP contribution < -0.4 is 0 Å². The average molecular weight is 217 g/mol. The van der Waals surface area contributed by atoms with Crippen LogP contribution in [0.1, 0.15) is 18.6 Å². The molecule has 0 bridgehead atoms. The van der Waals surface area contributed by atoms with E-state index in [-0.39, 0.29) is 5.78 Å². The molecule has 0 amide bonds. The molecule has 1 aromatic rings. The number of carbonyl (C=O) groups excluding carboxylic acids is 1. The molecule has 0 heterocycles. The van der Waals surface area contributed by atoms with Crippen LogP contribution in [-0.4, -0.2) is 16.3 Å². The number of aliphatic hydroxyl groups is 1. The third-order valence-electron chi connectivity index (χ3n) is 1.86. The summed E-state index contributed by atoms with van der Waals surface area (Å²) in [7, 11) is 0.